The number of amides is 2. The van der Waals surface area contributed by atoms with Crippen molar-refractivity contribution >= 4 is 17.8 Å². The van der Waals surface area contributed by atoms with E-state index in [0.717, 1.165) is 29.8 Å². The molecule has 0 atom stereocenters. The van der Waals surface area contributed by atoms with Crippen LogP contribution in [-0.2, 0) is 24.4 Å². The number of rotatable bonds is 12. The summed E-state index contributed by atoms with van der Waals surface area (Å²) in [5.41, 5.74) is 4.21. The molecule has 0 aliphatic heterocycles. The first-order chi connectivity index (χ1) is 19.5. The van der Waals surface area contributed by atoms with Gasteiger partial charge >= 0.3 is 5.97 Å². The zero-order valence-corrected chi connectivity index (χ0v) is 25.2. The number of hydrogen-bond donors (Lipinski definition) is 1. The van der Waals surface area contributed by atoms with Gasteiger partial charge in [-0.3, -0.25) is 9.59 Å². The zero-order valence-electron chi connectivity index (χ0n) is 25.2. The molecule has 0 heterocycles. The van der Waals surface area contributed by atoms with E-state index in [9.17, 15) is 14.4 Å². The maximum Gasteiger partial charge on any atom is 0.338 e. The van der Waals surface area contributed by atoms with Crippen LogP contribution in [0.3, 0.4) is 0 Å². The third-order valence-corrected chi connectivity index (χ3v) is 6.65. The lowest BCUT2D eigenvalue weighted by molar-refractivity contribution is 0.00691. The fourth-order valence-electron chi connectivity index (χ4n) is 4.33. The van der Waals surface area contributed by atoms with Gasteiger partial charge in [0.2, 0.25) is 0 Å². The number of ether oxygens (including phenoxy) is 1. The second-order valence-electron chi connectivity index (χ2n) is 11.0. The Hall–Kier alpha value is -3.97. The second-order valence-corrected chi connectivity index (χ2v) is 11.0. The molecule has 0 fully saturated rings. The number of benzene rings is 3. The van der Waals surface area contributed by atoms with Crippen molar-refractivity contribution in [3.05, 3.63) is 106 Å². The molecule has 41 heavy (non-hydrogen) atoms. The number of esters is 1. The first-order valence-electron chi connectivity index (χ1n) is 14.3. The van der Waals surface area contributed by atoms with E-state index in [4.69, 9.17) is 4.74 Å². The number of nitrogens with zero attached hydrogens (tertiary/aromatic N) is 2. The smallest absolute Gasteiger partial charge is 0.338 e. The summed E-state index contributed by atoms with van der Waals surface area (Å²) in [4.78, 5) is 42.3. The molecule has 3 aromatic rings. The summed E-state index contributed by atoms with van der Waals surface area (Å²) in [6, 6.07) is 22.3. The molecule has 7 heteroatoms. The van der Waals surface area contributed by atoms with E-state index in [2.05, 4.69) is 12.2 Å². The Morgan fingerprint density at radius 3 is 1.39 bits per heavy atom. The normalized spacial score (nSPS) is 11.2. The first-order valence-corrected chi connectivity index (χ1v) is 14.3. The molecule has 0 aliphatic rings. The lowest BCUT2D eigenvalue weighted by Gasteiger charge is -2.23. The van der Waals surface area contributed by atoms with Crippen LogP contribution in [0, 0.1) is 0 Å². The molecule has 0 aromatic heterocycles. The van der Waals surface area contributed by atoms with E-state index in [0.29, 0.717) is 42.9 Å². The lowest BCUT2D eigenvalue weighted by atomic mass is 10.1. The van der Waals surface area contributed by atoms with Gasteiger partial charge in [0, 0.05) is 43.9 Å². The summed E-state index contributed by atoms with van der Waals surface area (Å²) in [6.45, 7) is 15.2. The lowest BCUT2D eigenvalue weighted by Crippen LogP contribution is -2.31. The molecule has 0 saturated heterocycles. The van der Waals surface area contributed by atoms with Crippen molar-refractivity contribution in [2.75, 3.05) is 19.6 Å². The Balaban J connectivity index is 1.61. The van der Waals surface area contributed by atoms with E-state index < -0.39 is 5.60 Å². The van der Waals surface area contributed by atoms with Crippen LogP contribution >= 0.6 is 0 Å². The van der Waals surface area contributed by atoms with E-state index in [1.54, 1.807) is 21.9 Å². The van der Waals surface area contributed by atoms with Crippen LogP contribution in [0.15, 0.2) is 72.8 Å². The van der Waals surface area contributed by atoms with Crippen molar-refractivity contribution in [1.82, 2.24) is 15.1 Å². The highest BCUT2D eigenvalue weighted by Gasteiger charge is 2.19. The van der Waals surface area contributed by atoms with Crippen molar-refractivity contribution in [2.45, 2.75) is 66.8 Å². The van der Waals surface area contributed by atoms with E-state index >= 15 is 0 Å². The summed E-state index contributed by atoms with van der Waals surface area (Å²) < 4.78 is 5.43. The molecular weight excluding hydrogens is 514 g/mol. The summed E-state index contributed by atoms with van der Waals surface area (Å²) in [7, 11) is 0. The number of carbonyl (C=O) groups excluding carboxylic acids is 3. The first kappa shape index (κ1) is 31.6. The van der Waals surface area contributed by atoms with Crippen molar-refractivity contribution < 1.29 is 19.1 Å². The van der Waals surface area contributed by atoms with Crippen LogP contribution in [0.4, 0.5) is 0 Å². The highest BCUT2D eigenvalue weighted by atomic mass is 16.6. The van der Waals surface area contributed by atoms with Gasteiger partial charge in [0.25, 0.3) is 11.8 Å². The minimum Gasteiger partial charge on any atom is -0.456 e. The Labute approximate surface area is 244 Å². The average molecular weight is 558 g/mol. The SMILES string of the molecule is CCNCc1ccc(C(=O)N(CC)Cc2ccc(C(=O)N(CC)Cc3ccc(C(=O)OC(C)(C)C)cc3)cc2)cc1. The van der Waals surface area contributed by atoms with Gasteiger partial charge < -0.3 is 19.9 Å². The Morgan fingerprint density at radius 1 is 0.634 bits per heavy atom. The predicted molar refractivity (Wildman–Crippen MR) is 163 cm³/mol. The van der Waals surface area contributed by atoms with E-state index in [1.165, 1.54) is 0 Å². The molecule has 218 valence electrons. The molecule has 0 bridgehead atoms. The maximum atomic E-state index is 13.3. The molecule has 0 saturated carbocycles. The summed E-state index contributed by atoms with van der Waals surface area (Å²) in [5, 5.41) is 3.29. The third kappa shape index (κ3) is 9.29. The molecule has 2 amide bonds. The summed E-state index contributed by atoms with van der Waals surface area (Å²) in [6.07, 6.45) is 0. The van der Waals surface area contributed by atoms with E-state index in [-0.39, 0.29) is 17.8 Å². The topological polar surface area (TPSA) is 79.0 Å². The van der Waals surface area contributed by atoms with Gasteiger partial charge in [0.15, 0.2) is 0 Å². The molecular formula is C34H43N3O4. The van der Waals surface area contributed by atoms with Crippen LogP contribution in [0.5, 0.6) is 0 Å². The highest BCUT2D eigenvalue weighted by Crippen LogP contribution is 2.17. The van der Waals surface area contributed by atoms with Gasteiger partial charge in [-0.2, -0.15) is 0 Å². The van der Waals surface area contributed by atoms with Crippen LogP contribution in [-0.4, -0.2) is 52.8 Å². The fourth-order valence-corrected chi connectivity index (χ4v) is 4.33. The molecule has 0 aliphatic carbocycles. The summed E-state index contributed by atoms with van der Waals surface area (Å²) >= 11 is 0. The van der Waals surface area contributed by atoms with Crippen LogP contribution in [0.1, 0.15) is 89.3 Å². The standard InChI is InChI=1S/C34H43N3O4/c1-7-35-22-25-10-16-28(17-11-25)31(38)36(8-2)23-26-12-18-29(19-13-26)32(39)37(9-3)24-27-14-20-30(21-15-27)33(40)41-34(4,5)6/h10-21,35H,7-9,22-24H2,1-6H3. The number of nitrogens with one attached hydrogen (secondary N) is 1. The minimum atomic E-state index is -0.556. The van der Waals surface area contributed by atoms with Gasteiger partial charge in [-0.05, 0) is 94.3 Å². The Kier molecular flexibility index (Phi) is 11.2. The van der Waals surface area contributed by atoms with Crippen molar-refractivity contribution in [2.24, 2.45) is 0 Å². The second kappa shape index (κ2) is 14.6. The largest absolute Gasteiger partial charge is 0.456 e. The molecule has 3 aromatic carbocycles. The maximum absolute atomic E-state index is 13.3. The predicted octanol–water partition coefficient (Wildman–Crippen LogP) is 6.08. The Morgan fingerprint density at radius 2 is 1.02 bits per heavy atom. The van der Waals surface area contributed by atoms with Crippen molar-refractivity contribution in [3.8, 4) is 0 Å². The average Bonchev–Trinajstić information content (AvgIpc) is 2.97. The molecule has 3 rings (SSSR count). The van der Waals surface area contributed by atoms with Crippen molar-refractivity contribution in [3.63, 3.8) is 0 Å². The molecule has 0 unspecified atom stereocenters. The third-order valence-electron chi connectivity index (χ3n) is 6.65. The molecule has 7 nitrogen and oxygen atoms in total. The number of carbonyl (C=O) groups is 3. The quantitative estimate of drug-likeness (QED) is 0.273. The molecule has 0 spiro atoms. The van der Waals surface area contributed by atoms with Crippen LogP contribution < -0.4 is 5.32 Å². The monoisotopic (exact) mass is 557 g/mol. The summed E-state index contributed by atoms with van der Waals surface area (Å²) in [5.74, 6) is -0.456. The van der Waals surface area contributed by atoms with Gasteiger partial charge in [0.1, 0.15) is 5.60 Å². The van der Waals surface area contributed by atoms with Gasteiger partial charge in [-0.15, -0.1) is 0 Å². The highest BCUT2D eigenvalue weighted by molar-refractivity contribution is 5.95. The van der Waals surface area contributed by atoms with Crippen LogP contribution in [0.2, 0.25) is 0 Å². The Bertz CT molecular complexity index is 1290. The van der Waals surface area contributed by atoms with Crippen LogP contribution in [0.25, 0.3) is 0 Å². The number of hydrogen-bond acceptors (Lipinski definition) is 5. The van der Waals surface area contributed by atoms with Gasteiger partial charge in [0.05, 0.1) is 5.56 Å². The minimum absolute atomic E-state index is 0.0162. The van der Waals surface area contributed by atoms with Crippen molar-refractivity contribution in [1.29, 1.82) is 0 Å². The fraction of sp³-hybridized carbons (Fsp3) is 0.382. The zero-order chi connectivity index (χ0) is 30.0. The van der Waals surface area contributed by atoms with Gasteiger partial charge in [-0.25, -0.2) is 4.79 Å². The van der Waals surface area contributed by atoms with Gasteiger partial charge in [-0.1, -0.05) is 43.3 Å². The van der Waals surface area contributed by atoms with E-state index in [1.807, 2.05) is 95.3 Å². The molecule has 1 N–H and O–H groups in total. The molecule has 0 radical (unpaired) electrons.